The van der Waals surface area contributed by atoms with Crippen molar-refractivity contribution in [2.45, 2.75) is 64.8 Å². The van der Waals surface area contributed by atoms with E-state index in [1.165, 1.54) is 19.1 Å². The highest BCUT2D eigenvalue weighted by atomic mass is 19.1. The smallest absolute Gasteiger partial charge is 0.217 e. The number of halogens is 2. The Morgan fingerprint density at radius 1 is 1.14 bits per heavy atom. The Labute approximate surface area is 206 Å². The average molecular weight is 490 g/mol. The Balaban J connectivity index is 1.77. The zero-order valence-electron chi connectivity index (χ0n) is 21.1. The van der Waals surface area contributed by atoms with Crippen LogP contribution < -0.4 is 15.5 Å². The van der Waals surface area contributed by atoms with E-state index in [0.29, 0.717) is 5.56 Å². The largest absolute Gasteiger partial charge is 0.390 e. The minimum Gasteiger partial charge on any atom is -0.390 e. The number of benzene rings is 2. The molecule has 1 aliphatic heterocycles. The fraction of sp³-hybridized carbons (Fsp3) is 0.519. The third-order valence-electron chi connectivity index (χ3n) is 6.53. The van der Waals surface area contributed by atoms with Crippen molar-refractivity contribution in [1.82, 2.24) is 10.6 Å². The molecule has 1 aliphatic rings. The summed E-state index contributed by atoms with van der Waals surface area (Å²) in [4.78, 5) is 13.9. The van der Waals surface area contributed by atoms with Gasteiger partial charge in [0.1, 0.15) is 11.6 Å². The molecular formula is C27H37F2N3O3. The molecule has 1 amide bonds. The number of amides is 1. The molecule has 0 aromatic heterocycles. The minimum atomic E-state index is -0.989. The van der Waals surface area contributed by atoms with Gasteiger partial charge in [-0.1, -0.05) is 26.8 Å². The molecule has 0 fully saturated rings. The van der Waals surface area contributed by atoms with Crippen LogP contribution in [0.1, 0.15) is 63.0 Å². The van der Waals surface area contributed by atoms with Gasteiger partial charge in [-0.05, 0) is 59.2 Å². The monoisotopic (exact) mass is 489 g/mol. The number of carbonyl (C=O) groups excluding carboxylic acids is 1. The molecule has 8 heteroatoms. The predicted octanol–water partition coefficient (Wildman–Crippen LogP) is 3.62. The Kier molecular flexibility index (Phi) is 8.51. The average Bonchev–Trinajstić information content (AvgIpc) is 2.75. The van der Waals surface area contributed by atoms with E-state index in [4.69, 9.17) is 0 Å². The second-order valence-corrected chi connectivity index (χ2v) is 10.6. The Morgan fingerprint density at radius 2 is 1.80 bits per heavy atom. The van der Waals surface area contributed by atoms with E-state index in [0.717, 1.165) is 35.8 Å². The van der Waals surface area contributed by atoms with Crippen LogP contribution in [0.25, 0.3) is 0 Å². The highest BCUT2D eigenvalue weighted by Crippen LogP contribution is 2.38. The van der Waals surface area contributed by atoms with Gasteiger partial charge in [-0.2, -0.15) is 0 Å². The number of fused-ring (bicyclic) bond motifs is 1. The van der Waals surface area contributed by atoms with E-state index in [9.17, 15) is 23.8 Å². The molecule has 1 unspecified atom stereocenters. The maximum Gasteiger partial charge on any atom is 0.217 e. The fourth-order valence-electron chi connectivity index (χ4n) is 4.61. The lowest BCUT2D eigenvalue weighted by atomic mass is 9.83. The second kappa shape index (κ2) is 11.0. The van der Waals surface area contributed by atoms with E-state index in [-0.39, 0.29) is 30.3 Å². The summed E-state index contributed by atoms with van der Waals surface area (Å²) in [6, 6.07) is 8.40. The molecule has 0 saturated carbocycles. The zero-order valence-corrected chi connectivity index (χ0v) is 21.1. The lowest BCUT2D eigenvalue weighted by Gasteiger charge is -2.36. The summed E-state index contributed by atoms with van der Waals surface area (Å²) >= 11 is 0. The van der Waals surface area contributed by atoms with Gasteiger partial charge in [0.15, 0.2) is 0 Å². The summed E-state index contributed by atoms with van der Waals surface area (Å²) in [5.74, 6) is -1.74. The van der Waals surface area contributed by atoms with Crippen LogP contribution in [0.15, 0.2) is 36.4 Å². The Morgan fingerprint density at radius 3 is 2.40 bits per heavy atom. The van der Waals surface area contributed by atoms with E-state index in [1.54, 1.807) is 0 Å². The number of aliphatic hydroxyl groups excluding tert-OH is 2. The van der Waals surface area contributed by atoms with Gasteiger partial charge in [-0.3, -0.25) is 4.79 Å². The SMILES string of the molecule is CC(=O)N[C@@H](Cc1cc(F)cc(F)c1)[C@H](O)CN[C@H]1CCN(C)c2ccc(C(O)C(C)(C)C)cc21. The van der Waals surface area contributed by atoms with Crippen molar-refractivity contribution in [2.75, 3.05) is 25.0 Å². The van der Waals surface area contributed by atoms with Gasteiger partial charge in [-0.15, -0.1) is 0 Å². The molecule has 0 saturated heterocycles. The van der Waals surface area contributed by atoms with Crippen LogP contribution in [0.4, 0.5) is 14.5 Å². The van der Waals surface area contributed by atoms with E-state index in [1.807, 2.05) is 46.0 Å². The van der Waals surface area contributed by atoms with E-state index < -0.39 is 29.9 Å². The lowest BCUT2D eigenvalue weighted by molar-refractivity contribution is -0.120. The first-order valence-electron chi connectivity index (χ1n) is 12.0. The van der Waals surface area contributed by atoms with Crippen LogP contribution in [0, 0.1) is 17.0 Å². The first-order chi connectivity index (χ1) is 16.3. The molecule has 0 spiro atoms. The molecule has 0 aliphatic carbocycles. The summed E-state index contributed by atoms with van der Waals surface area (Å²) < 4.78 is 27.3. The number of nitrogens with one attached hydrogen (secondary N) is 2. The van der Waals surface area contributed by atoms with Crippen molar-refractivity contribution in [1.29, 1.82) is 0 Å². The molecule has 0 bridgehead atoms. The summed E-state index contributed by atoms with van der Waals surface area (Å²) in [5, 5.41) is 27.8. The summed E-state index contributed by atoms with van der Waals surface area (Å²) in [6.45, 7) is 8.29. The van der Waals surface area contributed by atoms with Gasteiger partial charge in [0.05, 0.1) is 18.2 Å². The van der Waals surface area contributed by atoms with Gasteiger partial charge in [0.25, 0.3) is 0 Å². The van der Waals surface area contributed by atoms with Gasteiger partial charge in [0, 0.05) is 44.9 Å². The third-order valence-corrected chi connectivity index (χ3v) is 6.53. The van der Waals surface area contributed by atoms with Crippen LogP contribution in [0.5, 0.6) is 0 Å². The number of carbonyl (C=O) groups is 1. The standard InChI is InChI=1S/C27H37F2N3O3/c1-16(33)31-23(12-17-10-19(28)14-20(29)11-17)25(34)15-30-22-8-9-32(5)24-7-6-18(13-21(22)24)26(35)27(2,3)4/h6-7,10-11,13-14,22-23,25-26,30,34-35H,8-9,12,15H2,1-5H3,(H,31,33)/t22-,23-,25+,26?/m0/s1. The van der Waals surface area contributed by atoms with Crippen LogP contribution in [-0.2, 0) is 11.2 Å². The highest BCUT2D eigenvalue weighted by molar-refractivity contribution is 5.73. The number of anilines is 1. The molecule has 6 nitrogen and oxygen atoms in total. The van der Waals surface area contributed by atoms with Crippen LogP contribution in [-0.4, -0.2) is 48.4 Å². The van der Waals surface area contributed by atoms with Crippen molar-refractivity contribution in [3.8, 4) is 0 Å². The predicted molar refractivity (Wildman–Crippen MR) is 133 cm³/mol. The molecule has 35 heavy (non-hydrogen) atoms. The van der Waals surface area contributed by atoms with Gasteiger partial charge in [0.2, 0.25) is 5.91 Å². The third kappa shape index (κ3) is 6.99. The van der Waals surface area contributed by atoms with Gasteiger partial charge >= 0.3 is 0 Å². The quantitative estimate of drug-likeness (QED) is 0.455. The molecule has 3 rings (SSSR count). The summed E-state index contributed by atoms with van der Waals surface area (Å²) in [6.07, 6.45) is -0.729. The summed E-state index contributed by atoms with van der Waals surface area (Å²) in [7, 11) is 2.02. The number of nitrogens with zero attached hydrogens (tertiary/aromatic N) is 1. The normalized spacial score (nSPS) is 18.5. The first kappa shape index (κ1) is 27.0. The molecular weight excluding hydrogens is 452 g/mol. The summed E-state index contributed by atoms with van der Waals surface area (Å²) in [5.41, 5.74) is 2.97. The maximum absolute atomic E-state index is 13.6. The maximum atomic E-state index is 13.6. The molecule has 2 aromatic carbocycles. The number of hydrogen-bond donors (Lipinski definition) is 4. The van der Waals surface area contributed by atoms with Crippen molar-refractivity contribution >= 4 is 11.6 Å². The van der Waals surface area contributed by atoms with Gasteiger partial charge < -0.3 is 25.7 Å². The van der Waals surface area contributed by atoms with Crippen LogP contribution in [0.2, 0.25) is 0 Å². The number of hydrogen-bond acceptors (Lipinski definition) is 5. The lowest BCUT2D eigenvalue weighted by Crippen LogP contribution is -2.49. The molecule has 1 heterocycles. The zero-order chi connectivity index (χ0) is 25.9. The highest BCUT2D eigenvalue weighted by Gasteiger charge is 2.29. The van der Waals surface area contributed by atoms with Crippen molar-refractivity contribution in [3.05, 3.63) is 64.7 Å². The van der Waals surface area contributed by atoms with Crippen LogP contribution in [0.3, 0.4) is 0 Å². The molecule has 2 aromatic rings. The minimum absolute atomic E-state index is 0.0624. The van der Waals surface area contributed by atoms with Crippen molar-refractivity contribution in [2.24, 2.45) is 5.41 Å². The number of aliphatic hydroxyl groups is 2. The van der Waals surface area contributed by atoms with Gasteiger partial charge in [-0.25, -0.2) is 8.78 Å². The molecule has 192 valence electrons. The molecule has 4 N–H and O–H groups in total. The van der Waals surface area contributed by atoms with Crippen molar-refractivity contribution in [3.63, 3.8) is 0 Å². The fourth-order valence-corrected chi connectivity index (χ4v) is 4.61. The van der Waals surface area contributed by atoms with Crippen molar-refractivity contribution < 1.29 is 23.8 Å². The molecule has 0 radical (unpaired) electrons. The Bertz CT molecular complexity index is 1020. The Hall–Kier alpha value is -2.55. The number of rotatable bonds is 8. The van der Waals surface area contributed by atoms with Crippen LogP contribution >= 0.6 is 0 Å². The molecule has 4 atom stereocenters. The topological polar surface area (TPSA) is 84.8 Å². The first-order valence-corrected chi connectivity index (χ1v) is 12.0. The second-order valence-electron chi connectivity index (χ2n) is 10.6. The van der Waals surface area contributed by atoms with E-state index >= 15 is 0 Å². The van der Waals surface area contributed by atoms with E-state index in [2.05, 4.69) is 15.5 Å².